The second-order valence-corrected chi connectivity index (χ2v) is 8.80. The molecule has 0 saturated carbocycles. The van der Waals surface area contributed by atoms with Crippen molar-refractivity contribution in [2.75, 3.05) is 32.7 Å². The molecule has 1 aromatic heterocycles. The largest absolute Gasteiger partial charge is 0.419 e. The van der Waals surface area contributed by atoms with Gasteiger partial charge in [0.1, 0.15) is 0 Å². The van der Waals surface area contributed by atoms with Gasteiger partial charge in [0.2, 0.25) is 10.0 Å². The number of rotatable bonds is 6. The molecule has 2 heterocycles. The van der Waals surface area contributed by atoms with Crippen LogP contribution in [0, 0.1) is 0 Å². The van der Waals surface area contributed by atoms with Crippen LogP contribution in [0.3, 0.4) is 0 Å². The Bertz CT molecular complexity index is 1160. The van der Waals surface area contributed by atoms with Crippen molar-refractivity contribution < 1.29 is 12.8 Å². The Labute approximate surface area is 169 Å². The zero-order chi connectivity index (χ0) is 20.3. The van der Waals surface area contributed by atoms with Crippen LogP contribution in [0.1, 0.15) is 5.56 Å². The summed E-state index contributed by atoms with van der Waals surface area (Å²) in [7, 11) is -3.44. The molecule has 29 heavy (non-hydrogen) atoms. The lowest BCUT2D eigenvalue weighted by Gasteiger charge is -2.33. The van der Waals surface area contributed by atoms with Crippen LogP contribution in [0.15, 0.2) is 69.2 Å². The lowest BCUT2D eigenvalue weighted by atomic mass is 10.2. The third kappa shape index (κ3) is 4.50. The molecule has 1 saturated heterocycles. The Balaban J connectivity index is 1.34. The highest BCUT2D eigenvalue weighted by Gasteiger charge is 2.25. The van der Waals surface area contributed by atoms with E-state index in [4.69, 9.17) is 4.42 Å². The van der Waals surface area contributed by atoms with E-state index in [-0.39, 0.29) is 5.76 Å². The highest BCUT2D eigenvalue weighted by molar-refractivity contribution is 7.92. The van der Waals surface area contributed by atoms with Crippen LogP contribution in [0.2, 0.25) is 0 Å². The first-order chi connectivity index (χ1) is 14.0. The first-order valence-corrected chi connectivity index (χ1v) is 11.1. The smallest absolute Gasteiger partial charge is 0.408 e. The molecule has 3 aromatic rings. The minimum Gasteiger partial charge on any atom is -0.408 e. The second-order valence-electron chi connectivity index (χ2n) is 6.99. The van der Waals surface area contributed by atoms with Gasteiger partial charge in [-0.25, -0.2) is 13.2 Å². The quantitative estimate of drug-likeness (QED) is 0.619. The Morgan fingerprint density at radius 3 is 2.34 bits per heavy atom. The van der Waals surface area contributed by atoms with Gasteiger partial charge in [0.15, 0.2) is 5.58 Å². The molecule has 0 unspecified atom stereocenters. The van der Waals surface area contributed by atoms with E-state index in [2.05, 4.69) is 4.90 Å². The van der Waals surface area contributed by atoms with Crippen molar-refractivity contribution in [3.63, 3.8) is 0 Å². The molecule has 0 radical (unpaired) electrons. The number of hydrogen-bond donors (Lipinski definition) is 0. The van der Waals surface area contributed by atoms with E-state index in [9.17, 15) is 13.2 Å². The lowest BCUT2D eigenvalue weighted by molar-refractivity contribution is 0.183. The van der Waals surface area contributed by atoms with Gasteiger partial charge in [0.05, 0.1) is 5.52 Å². The van der Waals surface area contributed by atoms with E-state index in [1.807, 2.05) is 48.5 Å². The predicted octanol–water partition coefficient (Wildman–Crippen LogP) is 2.21. The number of para-hydroxylation sites is 2. The summed E-state index contributed by atoms with van der Waals surface area (Å²) in [5.41, 5.74) is 2.22. The van der Waals surface area contributed by atoms with Gasteiger partial charge in [0, 0.05) is 44.7 Å². The average molecular weight is 413 g/mol. The molecule has 7 nitrogen and oxygen atoms in total. The van der Waals surface area contributed by atoms with Gasteiger partial charge in [-0.15, -0.1) is 0 Å². The number of sulfonamides is 1. The molecule has 152 valence electrons. The number of piperazine rings is 1. The van der Waals surface area contributed by atoms with Gasteiger partial charge < -0.3 is 4.42 Å². The zero-order valence-corrected chi connectivity index (χ0v) is 16.8. The SMILES string of the molecule is O=c1oc2ccccc2n1CCN1CCN(S(=O)(=O)/C=C/c2ccccc2)CC1. The van der Waals surface area contributed by atoms with Crippen LogP contribution in [-0.4, -0.2) is 54.9 Å². The Morgan fingerprint density at radius 1 is 0.897 bits per heavy atom. The van der Waals surface area contributed by atoms with E-state index in [0.29, 0.717) is 44.9 Å². The van der Waals surface area contributed by atoms with Crippen LogP contribution < -0.4 is 5.76 Å². The third-order valence-corrected chi connectivity index (χ3v) is 6.70. The van der Waals surface area contributed by atoms with Gasteiger partial charge in [-0.3, -0.25) is 9.47 Å². The molecule has 4 rings (SSSR count). The van der Waals surface area contributed by atoms with E-state index in [1.54, 1.807) is 16.7 Å². The van der Waals surface area contributed by atoms with Crippen LogP contribution in [0.4, 0.5) is 0 Å². The Kier molecular flexibility index (Phi) is 5.66. The highest BCUT2D eigenvalue weighted by Crippen LogP contribution is 2.14. The lowest BCUT2D eigenvalue weighted by Crippen LogP contribution is -2.48. The molecule has 8 heteroatoms. The molecule has 0 atom stereocenters. The van der Waals surface area contributed by atoms with E-state index >= 15 is 0 Å². The zero-order valence-electron chi connectivity index (χ0n) is 16.0. The summed E-state index contributed by atoms with van der Waals surface area (Å²) >= 11 is 0. The fraction of sp³-hybridized carbons (Fsp3) is 0.286. The summed E-state index contributed by atoms with van der Waals surface area (Å²) < 4.78 is 33.5. The highest BCUT2D eigenvalue weighted by atomic mass is 32.2. The van der Waals surface area contributed by atoms with Gasteiger partial charge in [0.25, 0.3) is 0 Å². The van der Waals surface area contributed by atoms with E-state index < -0.39 is 10.0 Å². The van der Waals surface area contributed by atoms with Gasteiger partial charge in [-0.1, -0.05) is 42.5 Å². The van der Waals surface area contributed by atoms with Crippen molar-refractivity contribution in [3.05, 3.63) is 76.1 Å². The summed E-state index contributed by atoms with van der Waals surface area (Å²) in [4.78, 5) is 14.2. The van der Waals surface area contributed by atoms with Gasteiger partial charge >= 0.3 is 5.76 Å². The number of fused-ring (bicyclic) bond motifs is 1. The van der Waals surface area contributed by atoms with Crippen LogP contribution >= 0.6 is 0 Å². The normalized spacial score (nSPS) is 16.7. The molecule has 0 N–H and O–H groups in total. The van der Waals surface area contributed by atoms with Gasteiger partial charge in [-0.2, -0.15) is 4.31 Å². The summed E-state index contributed by atoms with van der Waals surface area (Å²) in [5.74, 6) is -0.363. The minimum atomic E-state index is -3.44. The molecule has 1 aliphatic rings. The standard InChI is InChI=1S/C21H23N3O4S/c25-21-24(19-8-4-5-9-20(19)28-21)16-13-22-11-14-23(15-12-22)29(26,27)17-10-18-6-2-1-3-7-18/h1-10,17H,11-16H2/b17-10+. The van der Waals surface area contributed by atoms with Crippen molar-refractivity contribution in [1.29, 1.82) is 0 Å². The third-order valence-electron chi connectivity index (χ3n) is 5.14. The molecule has 1 fully saturated rings. The molecule has 0 spiro atoms. The first kappa shape index (κ1) is 19.6. The molecule has 0 aliphatic carbocycles. The maximum atomic E-state index is 12.6. The number of hydrogen-bond acceptors (Lipinski definition) is 5. The minimum absolute atomic E-state index is 0.363. The Hall–Kier alpha value is -2.68. The molecule has 0 amide bonds. The summed E-state index contributed by atoms with van der Waals surface area (Å²) in [5, 5.41) is 1.27. The van der Waals surface area contributed by atoms with Crippen LogP contribution in [0.5, 0.6) is 0 Å². The van der Waals surface area contributed by atoms with Crippen LogP contribution in [0.25, 0.3) is 17.2 Å². The second kappa shape index (κ2) is 8.36. The van der Waals surface area contributed by atoms with Crippen molar-refractivity contribution in [3.8, 4) is 0 Å². The summed E-state index contributed by atoms with van der Waals surface area (Å²) in [6.45, 7) is 3.30. The molecule has 0 bridgehead atoms. The van der Waals surface area contributed by atoms with E-state index in [1.165, 1.54) is 9.71 Å². The van der Waals surface area contributed by atoms with Crippen molar-refractivity contribution in [1.82, 2.24) is 13.8 Å². The molecule has 2 aromatic carbocycles. The monoisotopic (exact) mass is 413 g/mol. The van der Waals surface area contributed by atoms with Crippen molar-refractivity contribution in [2.24, 2.45) is 0 Å². The maximum Gasteiger partial charge on any atom is 0.419 e. The number of benzene rings is 2. The van der Waals surface area contributed by atoms with E-state index in [0.717, 1.165) is 11.1 Å². The fourth-order valence-electron chi connectivity index (χ4n) is 3.49. The number of aromatic nitrogens is 1. The summed E-state index contributed by atoms with van der Waals surface area (Å²) in [6.07, 6.45) is 1.62. The Morgan fingerprint density at radius 2 is 1.59 bits per heavy atom. The van der Waals surface area contributed by atoms with Crippen LogP contribution in [-0.2, 0) is 16.6 Å². The number of oxazole rings is 1. The molecular weight excluding hydrogens is 390 g/mol. The van der Waals surface area contributed by atoms with Crippen molar-refractivity contribution in [2.45, 2.75) is 6.54 Å². The van der Waals surface area contributed by atoms with Gasteiger partial charge in [-0.05, 0) is 23.8 Å². The topological polar surface area (TPSA) is 75.8 Å². The molecular formula is C21H23N3O4S. The number of nitrogens with zero attached hydrogens (tertiary/aromatic N) is 3. The maximum absolute atomic E-state index is 12.6. The summed E-state index contributed by atoms with van der Waals surface area (Å²) in [6, 6.07) is 16.7. The average Bonchev–Trinajstić information content (AvgIpc) is 3.07. The molecule has 1 aliphatic heterocycles. The first-order valence-electron chi connectivity index (χ1n) is 9.57. The van der Waals surface area contributed by atoms with Crippen molar-refractivity contribution >= 4 is 27.2 Å². The fourth-order valence-corrected chi connectivity index (χ4v) is 4.66. The predicted molar refractivity (Wildman–Crippen MR) is 113 cm³/mol.